The highest BCUT2D eigenvalue weighted by Gasteiger charge is 1.90. The molecule has 0 fully saturated rings. The van der Waals surface area contributed by atoms with Gasteiger partial charge >= 0.3 is 0 Å². The van der Waals surface area contributed by atoms with Crippen molar-refractivity contribution in [1.29, 1.82) is 0 Å². The van der Waals surface area contributed by atoms with Gasteiger partial charge in [0.15, 0.2) is 6.40 Å². The zero-order valence-electron chi connectivity index (χ0n) is 6.02. The predicted molar refractivity (Wildman–Crippen MR) is 38.7 cm³/mol. The van der Waals surface area contributed by atoms with E-state index in [4.69, 9.17) is 5.90 Å². The normalized spacial score (nSPS) is 14.7. The van der Waals surface area contributed by atoms with Crippen LogP contribution in [0.3, 0.4) is 0 Å². The molecule has 0 aliphatic carbocycles. The minimum Gasteiger partial charge on any atom is -0.485 e. The van der Waals surface area contributed by atoms with Crippen molar-refractivity contribution in [3.8, 4) is 0 Å². The fourth-order valence-corrected chi connectivity index (χ4v) is 0.242. The molecule has 0 saturated carbocycles. The van der Waals surface area contributed by atoms with E-state index in [1.54, 1.807) is 6.92 Å². The molecule has 0 aromatic rings. The van der Waals surface area contributed by atoms with Crippen LogP contribution < -0.4 is 5.90 Å². The van der Waals surface area contributed by atoms with Crippen molar-refractivity contribution in [2.24, 2.45) is 16.1 Å². The van der Waals surface area contributed by atoms with E-state index in [0.717, 1.165) is 0 Å². The van der Waals surface area contributed by atoms with Crippen molar-refractivity contribution in [2.75, 3.05) is 7.11 Å². The quantitative estimate of drug-likeness (QED) is 0.342. The van der Waals surface area contributed by atoms with Gasteiger partial charge in [-0.05, 0) is 6.92 Å². The van der Waals surface area contributed by atoms with Crippen LogP contribution in [-0.4, -0.2) is 25.8 Å². The van der Waals surface area contributed by atoms with Crippen molar-refractivity contribution in [3.05, 3.63) is 0 Å². The van der Waals surface area contributed by atoms with Crippen LogP contribution in [0.4, 0.5) is 0 Å². The minimum atomic E-state index is -0.228. The molecule has 0 amide bonds. The predicted octanol–water partition coefficient (Wildman–Crippen LogP) is -0.0743. The smallest absolute Gasteiger partial charge is 0.194 e. The van der Waals surface area contributed by atoms with E-state index in [2.05, 4.69) is 19.8 Å². The van der Waals surface area contributed by atoms with Gasteiger partial charge in [0.2, 0.25) is 0 Å². The molecule has 0 aliphatic heterocycles. The first kappa shape index (κ1) is 9.06. The summed E-state index contributed by atoms with van der Waals surface area (Å²) in [6.45, 7) is 1.74. The summed E-state index contributed by atoms with van der Waals surface area (Å²) < 4.78 is 4.48. The largest absolute Gasteiger partial charge is 0.485 e. The molecule has 0 bridgehead atoms. The van der Waals surface area contributed by atoms with Crippen molar-refractivity contribution in [3.63, 3.8) is 0 Å². The maximum absolute atomic E-state index is 4.81. The topological polar surface area (TPSA) is 69.2 Å². The summed E-state index contributed by atoms with van der Waals surface area (Å²) in [5, 5.41) is 7.01. The summed E-state index contributed by atoms with van der Waals surface area (Å²) in [6, 6.07) is 0. The van der Waals surface area contributed by atoms with Crippen molar-refractivity contribution in [1.82, 2.24) is 0 Å². The summed E-state index contributed by atoms with van der Waals surface area (Å²) in [7, 11) is 1.49. The van der Waals surface area contributed by atoms with Crippen LogP contribution in [0.15, 0.2) is 10.2 Å². The Labute approximate surface area is 59.5 Å². The molecule has 5 heteroatoms. The van der Waals surface area contributed by atoms with Gasteiger partial charge in [-0.3, -0.25) is 4.84 Å². The Morgan fingerprint density at radius 2 is 2.20 bits per heavy atom. The third-order valence-corrected chi connectivity index (χ3v) is 0.710. The Hall–Kier alpha value is -0.940. The number of hydrogen-bond donors (Lipinski definition) is 1. The van der Waals surface area contributed by atoms with Gasteiger partial charge in [-0.1, -0.05) is 0 Å². The lowest BCUT2D eigenvalue weighted by atomic mass is 10.5. The van der Waals surface area contributed by atoms with E-state index in [0.29, 0.717) is 0 Å². The van der Waals surface area contributed by atoms with E-state index in [-0.39, 0.29) is 6.10 Å². The minimum absolute atomic E-state index is 0.228. The van der Waals surface area contributed by atoms with Gasteiger partial charge in [0.1, 0.15) is 6.10 Å². The Bertz CT molecular complexity index is 124. The zero-order chi connectivity index (χ0) is 7.82. The van der Waals surface area contributed by atoms with Crippen LogP contribution in [0, 0.1) is 0 Å². The second kappa shape index (κ2) is 6.18. The molecule has 2 N–H and O–H groups in total. The summed E-state index contributed by atoms with van der Waals surface area (Å²) in [5.74, 6) is 4.81. The Morgan fingerprint density at radius 3 is 2.70 bits per heavy atom. The first-order chi connectivity index (χ1) is 4.81. The van der Waals surface area contributed by atoms with Gasteiger partial charge in [-0.15, -0.1) is 5.10 Å². The van der Waals surface area contributed by atoms with Gasteiger partial charge in [-0.2, -0.15) is 5.10 Å². The molecule has 0 aromatic carbocycles. The third-order valence-electron chi connectivity index (χ3n) is 0.710. The molecule has 58 valence electrons. The maximum Gasteiger partial charge on any atom is 0.194 e. The summed E-state index contributed by atoms with van der Waals surface area (Å²) >= 11 is 0. The van der Waals surface area contributed by atoms with Crippen LogP contribution in [0.25, 0.3) is 0 Å². The van der Waals surface area contributed by atoms with Crippen LogP contribution >= 0.6 is 0 Å². The average Bonchev–Trinajstić information content (AvgIpc) is 1.98. The molecule has 1 atom stereocenters. The lowest BCUT2D eigenvalue weighted by Crippen LogP contribution is -2.13. The number of nitrogens with zero attached hydrogens (tertiary/aromatic N) is 2. The van der Waals surface area contributed by atoms with Crippen molar-refractivity contribution in [2.45, 2.75) is 13.0 Å². The summed E-state index contributed by atoms with van der Waals surface area (Å²) in [5.41, 5.74) is 0. The van der Waals surface area contributed by atoms with Gasteiger partial charge in [0.05, 0.1) is 13.3 Å². The molecule has 0 radical (unpaired) electrons. The van der Waals surface area contributed by atoms with E-state index >= 15 is 0 Å². The summed E-state index contributed by atoms with van der Waals surface area (Å²) in [6.07, 6.45) is 2.43. The monoisotopic (exact) mass is 145 g/mol. The lowest BCUT2D eigenvalue weighted by Gasteiger charge is -1.96. The van der Waals surface area contributed by atoms with E-state index in [1.807, 2.05) is 0 Å². The molecule has 0 heterocycles. The maximum atomic E-state index is 4.81. The second-order valence-corrected chi connectivity index (χ2v) is 1.56. The molecule has 0 aliphatic rings. The number of ether oxygens (including phenoxy) is 1. The fraction of sp³-hybridized carbons (Fsp3) is 0.600. The van der Waals surface area contributed by atoms with Gasteiger partial charge in [0.25, 0.3) is 0 Å². The molecule has 10 heavy (non-hydrogen) atoms. The number of rotatable bonds is 4. The molecule has 0 aromatic heterocycles. The highest BCUT2D eigenvalue weighted by Crippen LogP contribution is 1.79. The third kappa shape index (κ3) is 5.20. The van der Waals surface area contributed by atoms with Crippen LogP contribution in [0.1, 0.15) is 6.92 Å². The van der Waals surface area contributed by atoms with Crippen LogP contribution in [0.2, 0.25) is 0 Å². The molecule has 0 saturated heterocycles. The number of methoxy groups -OCH3 is 1. The highest BCUT2D eigenvalue weighted by atomic mass is 16.6. The van der Waals surface area contributed by atoms with Gasteiger partial charge in [-0.25, -0.2) is 5.90 Å². The average molecular weight is 145 g/mol. The van der Waals surface area contributed by atoms with Crippen LogP contribution in [-0.2, 0) is 9.57 Å². The first-order valence-electron chi connectivity index (χ1n) is 2.74. The standard InChI is InChI=1S/C5H11N3O2/c1-5(10-6)3-7-8-4-9-2/h3-5H,6H2,1-2H3/b7-3-,8-4+. The number of nitrogens with two attached hydrogens (primary N) is 1. The molecular weight excluding hydrogens is 134 g/mol. The van der Waals surface area contributed by atoms with Gasteiger partial charge in [0, 0.05) is 0 Å². The molecule has 5 nitrogen and oxygen atoms in total. The second-order valence-electron chi connectivity index (χ2n) is 1.56. The molecule has 0 rings (SSSR count). The SMILES string of the molecule is CO/C=N/N=C\C(C)ON. The van der Waals surface area contributed by atoms with E-state index in [9.17, 15) is 0 Å². The zero-order valence-corrected chi connectivity index (χ0v) is 6.02. The lowest BCUT2D eigenvalue weighted by molar-refractivity contribution is 0.115. The van der Waals surface area contributed by atoms with E-state index < -0.39 is 0 Å². The molecule has 1 unspecified atom stereocenters. The fourth-order valence-electron chi connectivity index (χ4n) is 0.242. The Balaban J connectivity index is 3.44. The van der Waals surface area contributed by atoms with Gasteiger partial charge < -0.3 is 4.74 Å². The number of hydrogen-bond acceptors (Lipinski definition) is 5. The summed E-state index contributed by atoms with van der Waals surface area (Å²) in [4.78, 5) is 4.37. The Kier molecular flexibility index (Phi) is 5.60. The van der Waals surface area contributed by atoms with Crippen LogP contribution in [0.5, 0.6) is 0 Å². The highest BCUT2D eigenvalue weighted by molar-refractivity contribution is 5.63. The molecular formula is C5H11N3O2. The van der Waals surface area contributed by atoms with Crippen molar-refractivity contribution < 1.29 is 9.57 Å². The van der Waals surface area contributed by atoms with E-state index in [1.165, 1.54) is 19.7 Å². The first-order valence-corrected chi connectivity index (χ1v) is 2.74. The Morgan fingerprint density at radius 1 is 1.50 bits per heavy atom. The van der Waals surface area contributed by atoms with Crippen molar-refractivity contribution >= 4 is 12.6 Å². The molecule has 0 spiro atoms.